The van der Waals surface area contributed by atoms with Crippen molar-refractivity contribution in [3.63, 3.8) is 0 Å². The minimum absolute atomic E-state index is 0. The summed E-state index contributed by atoms with van der Waals surface area (Å²) in [6, 6.07) is 5.99. The van der Waals surface area contributed by atoms with Crippen molar-refractivity contribution in [3.8, 4) is 0 Å². The van der Waals surface area contributed by atoms with E-state index in [2.05, 4.69) is 4.72 Å². The molecule has 4 nitrogen and oxygen atoms in total. The summed E-state index contributed by atoms with van der Waals surface area (Å²) in [6.07, 6.45) is 0. The number of fused-ring (bicyclic) bond motifs is 1. The molecule has 62 valence electrons. The molecule has 1 aromatic rings. The van der Waals surface area contributed by atoms with E-state index in [-0.39, 0.29) is 77.8 Å². The Morgan fingerprint density at radius 3 is 2.29 bits per heavy atom. The summed E-state index contributed by atoms with van der Waals surface area (Å²) < 4.78 is 25.2. The van der Waals surface area contributed by atoms with E-state index < -0.39 is 15.9 Å². The molecule has 0 bridgehead atoms. The van der Waals surface area contributed by atoms with E-state index in [1.165, 1.54) is 12.1 Å². The van der Waals surface area contributed by atoms with Gasteiger partial charge in [0, 0.05) is 5.56 Å². The Morgan fingerprint density at radius 2 is 1.71 bits per heavy atom. The van der Waals surface area contributed by atoms with E-state index in [1.807, 2.05) is 0 Å². The topological polar surface area (TPSA) is 65.3 Å². The second kappa shape index (κ2) is 5.30. The third-order valence-electron chi connectivity index (χ3n) is 1.60. The molecule has 2 rings (SSSR count). The van der Waals surface area contributed by atoms with Gasteiger partial charge in [-0.2, -0.15) is 0 Å². The summed E-state index contributed by atoms with van der Waals surface area (Å²) in [5, 5.41) is 0. The van der Waals surface area contributed by atoms with Crippen LogP contribution >= 0.6 is 0 Å². The van der Waals surface area contributed by atoms with Crippen molar-refractivity contribution >= 4 is 53.7 Å². The summed E-state index contributed by atoms with van der Waals surface area (Å²) in [6.45, 7) is 0. The van der Waals surface area contributed by atoms with Crippen LogP contribution in [-0.4, -0.2) is 52.1 Å². The Kier molecular flexibility index (Phi) is 5.64. The van der Waals surface area contributed by atoms with E-state index in [0.717, 1.165) is 0 Å². The van der Waals surface area contributed by atoms with Gasteiger partial charge in [0.2, 0.25) is 0 Å². The molecule has 0 aliphatic carbocycles. The number of hydrogen-bond acceptors (Lipinski definition) is 3. The van der Waals surface area contributed by atoms with Crippen molar-refractivity contribution in [2.75, 3.05) is 0 Å². The van der Waals surface area contributed by atoms with Gasteiger partial charge in [-0.3, -0.25) is 0 Å². The van der Waals surface area contributed by atoms with E-state index >= 15 is 0 Å². The molecule has 0 spiro atoms. The second-order valence-electron chi connectivity index (χ2n) is 2.37. The fourth-order valence-corrected chi connectivity index (χ4v) is 2.17. The molecule has 0 aromatic heterocycles. The number of sulfonamides is 1. The summed E-state index contributed by atoms with van der Waals surface area (Å²) in [7, 11) is -3.68. The first kappa shape index (κ1) is 14.9. The summed E-state index contributed by atoms with van der Waals surface area (Å²) in [5.41, 5.74) is 0.164. The average Bonchev–Trinajstić information content (AvgIpc) is 2.25. The van der Waals surface area contributed by atoms with Crippen molar-refractivity contribution in [1.82, 2.24) is 0 Å². The molecule has 0 saturated heterocycles. The maximum atomic E-state index is 11.1. The molecule has 0 fully saturated rings. The number of hydrogen-bond donors (Lipinski definition) is 0. The zero-order valence-electron chi connectivity index (χ0n) is 7.60. The molecule has 0 radical (unpaired) electrons. The van der Waals surface area contributed by atoms with Crippen LogP contribution in [0.2, 0.25) is 0 Å². The predicted octanol–water partition coefficient (Wildman–Crippen LogP) is -2.47. The van der Waals surface area contributed by atoms with Crippen LogP contribution in [0.15, 0.2) is 29.2 Å². The van der Waals surface area contributed by atoms with Gasteiger partial charge in [-0.25, -0.2) is 8.42 Å². The van der Waals surface area contributed by atoms with Crippen molar-refractivity contribution in [2.45, 2.75) is 4.90 Å². The number of nitrogens with zero attached hydrogens (tertiary/aromatic N) is 1. The molecule has 1 aliphatic rings. The monoisotopic (exact) mass is 245 g/mol. The third-order valence-corrected chi connectivity index (χ3v) is 2.92. The standard InChI is InChI=1S/C7H5NO3S.Ca.Na/c9-7-5-3-1-2-4-6(5)12(10,11)8-7;;/h1-4H,(H,8,9);;/q;+2;+1/p-1. The molecule has 1 aliphatic heterocycles. The van der Waals surface area contributed by atoms with Crippen LogP contribution < -0.4 is 29.6 Å². The third kappa shape index (κ3) is 2.52. The largest absolute Gasteiger partial charge is 2.00 e. The fraction of sp³-hybridized carbons (Fsp3) is 0. The maximum absolute atomic E-state index is 11.1. The van der Waals surface area contributed by atoms with E-state index in [1.54, 1.807) is 12.1 Å². The van der Waals surface area contributed by atoms with E-state index in [0.29, 0.717) is 0 Å². The number of carbonyl (C=O) groups is 1. The number of carbonyl (C=O) groups excluding carboxylic acids is 1. The van der Waals surface area contributed by atoms with Gasteiger partial charge < -0.3 is 9.52 Å². The first-order valence-corrected chi connectivity index (χ1v) is 4.67. The SMILES string of the molecule is O=C1[N-]S(=O)(=O)c2ccccc21.[Ca+2].[Na+]. The zero-order valence-corrected chi connectivity index (χ0v) is 12.6. The van der Waals surface area contributed by atoms with Gasteiger partial charge in [0.15, 0.2) is 0 Å². The quantitative estimate of drug-likeness (QED) is 0.476. The number of amides is 1. The van der Waals surface area contributed by atoms with Crippen LogP contribution in [0.5, 0.6) is 0 Å². The fourth-order valence-electron chi connectivity index (χ4n) is 1.08. The van der Waals surface area contributed by atoms with Crippen molar-refractivity contribution in [1.29, 1.82) is 0 Å². The first-order valence-electron chi connectivity index (χ1n) is 3.23. The minimum Gasteiger partial charge on any atom is -0.537 e. The van der Waals surface area contributed by atoms with E-state index in [4.69, 9.17) is 0 Å². The van der Waals surface area contributed by atoms with Gasteiger partial charge in [0.1, 0.15) is 10.0 Å². The smallest absolute Gasteiger partial charge is 0.537 e. The van der Waals surface area contributed by atoms with Gasteiger partial charge in [0.05, 0.1) is 10.8 Å². The van der Waals surface area contributed by atoms with Crippen LogP contribution in [0.3, 0.4) is 0 Å². The molecular weight excluding hydrogens is 241 g/mol. The molecule has 0 N–H and O–H groups in total. The van der Waals surface area contributed by atoms with Gasteiger partial charge in [-0.1, -0.05) is 18.2 Å². The Morgan fingerprint density at radius 1 is 1.14 bits per heavy atom. The molecule has 0 atom stereocenters. The van der Waals surface area contributed by atoms with Gasteiger partial charge in [-0.15, -0.1) is 0 Å². The first-order chi connectivity index (χ1) is 5.61. The second-order valence-corrected chi connectivity index (χ2v) is 3.94. The average molecular weight is 245 g/mol. The Hall–Kier alpha value is 0.900. The summed E-state index contributed by atoms with van der Waals surface area (Å²) >= 11 is 0. The van der Waals surface area contributed by atoms with Crippen LogP contribution in [0.4, 0.5) is 0 Å². The van der Waals surface area contributed by atoms with Crippen LogP contribution in [0.25, 0.3) is 4.72 Å². The normalized spacial score (nSPS) is 15.9. The molecule has 0 unspecified atom stereocenters. The van der Waals surface area contributed by atoms with Crippen molar-refractivity contribution in [2.24, 2.45) is 0 Å². The predicted molar refractivity (Wildman–Crippen MR) is 47.1 cm³/mol. The van der Waals surface area contributed by atoms with Gasteiger partial charge >= 0.3 is 67.3 Å². The molecule has 1 heterocycles. The molecule has 14 heavy (non-hydrogen) atoms. The summed E-state index contributed by atoms with van der Waals surface area (Å²) in [5.74, 6) is -0.675. The van der Waals surface area contributed by atoms with Gasteiger partial charge in [0.25, 0.3) is 0 Å². The zero-order chi connectivity index (χ0) is 8.77. The van der Waals surface area contributed by atoms with E-state index in [9.17, 15) is 13.2 Å². The molecule has 7 heteroatoms. The van der Waals surface area contributed by atoms with Crippen molar-refractivity contribution in [3.05, 3.63) is 34.6 Å². The molecular formula is C7H4CaNNaO3S+2. The van der Waals surface area contributed by atoms with Crippen LogP contribution in [0.1, 0.15) is 10.4 Å². The molecule has 1 aromatic carbocycles. The Bertz CT molecular complexity index is 460. The van der Waals surface area contributed by atoms with Gasteiger partial charge in [-0.05, 0) is 6.07 Å². The molecule has 0 saturated carbocycles. The Balaban J connectivity index is 0.000000845. The Labute approximate surface area is 134 Å². The van der Waals surface area contributed by atoms with Crippen molar-refractivity contribution < 1.29 is 42.8 Å². The maximum Gasteiger partial charge on any atom is 2.00 e. The number of rotatable bonds is 0. The number of benzene rings is 1. The minimum atomic E-state index is -3.68. The van der Waals surface area contributed by atoms with Crippen LogP contribution in [-0.2, 0) is 10.0 Å². The molecule has 1 amide bonds. The van der Waals surface area contributed by atoms with Crippen LogP contribution in [0, 0.1) is 0 Å². The summed E-state index contributed by atoms with van der Waals surface area (Å²) in [4.78, 5) is 10.9.